The van der Waals surface area contributed by atoms with Crippen LogP contribution in [0.15, 0.2) is 29.3 Å². The fourth-order valence-corrected chi connectivity index (χ4v) is 8.15. The Hall–Kier alpha value is -2.42. The summed E-state index contributed by atoms with van der Waals surface area (Å²) >= 11 is 3.46. The van der Waals surface area contributed by atoms with E-state index in [-0.39, 0.29) is 5.91 Å². The van der Waals surface area contributed by atoms with Gasteiger partial charge in [0.25, 0.3) is 5.91 Å². The lowest BCUT2D eigenvalue weighted by Crippen LogP contribution is -2.33. The molecular formula is C29H31N5OS2. The van der Waals surface area contributed by atoms with Crippen LogP contribution in [0, 0.1) is 0 Å². The second kappa shape index (κ2) is 8.82. The monoisotopic (exact) mass is 529 g/mol. The van der Waals surface area contributed by atoms with Crippen LogP contribution >= 0.6 is 23.1 Å². The van der Waals surface area contributed by atoms with Gasteiger partial charge in [-0.3, -0.25) is 4.79 Å². The predicted octanol–water partition coefficient (Wildman–Crippen LogP) is 6.06. The highest BCUT2D eigenvalue weighted by Crippen LogP contribution is 2.48. The van der Waals surface area contributed by atoms with Crippen molar-refractivity contribution in [2.75, 3.05) is 24.2 Å². The van der Waals surface area contributed by atoms with E-state index in [1.54, 1.807) is 11.3 Å². The third-order valence-corrected chi connectivity index (χ3v) is 10.6. The number of rotatable bonds is 6. The first kappa shape index (κ1) is 22.6. The molecule has 0 unspecified atom stereocenters. The maximum atomic E-state index is 13.4. The van der Waals surface area contributed by atoms with Crippen molar-refractivity contribution in [1.29, 1.82) is 0 Å². The Balaban J connectivity index is 1.16. The molecule has 3 fully saturated rings. The number of aromatic nitrogens is 2. The van der Waals surface area contributed by atoms with Gasteiger partial charge >= 0.3 is 0 Å². The van der Waals surface area contributed by atoms with Crippen molar-refractivity contribution >= 4 is 40.6 Å². The Morgan fingerprint density at radius 3 is 2.65 bits per heavy atom. The first-order chi connectivity index (χ1) is 18.2. The largest absolute Gasteiger partial charge is 0.334 e. The molecule has 2 aromatic heterocycles. The molecule has 5 aliphatic rings. The molecule has 8 heteroatoms. The number of benzene rings is 1. The van der Waals surface area contributed by atoms with Gasteiger partial charge < -0.3 is 15.5 Å². The molecule has 6 nitrogen and oxygen atoms in total. The topological polar surface area (TPSA) is 70.1 Å². The number of hydrogen-bond acceptors (Lipinski definition) is 7. The average Bonchev–Trinajstić information content (AvgIpc) is 3.76. The molecule has 0 radical (unpaired) electrons. The SMILES string of the molecule is O=C1c2sc(-c3nc(Nc4cc5c(cc4C4CC4)CNCC5)ncc3C3CC3)cc2SCCN1C1CC1. The minimum Gasteiger partial charge on any atom is -0.334 e. The lowest BCUT2D eigenvalue weighted by Gasteiger charge is -2.21. The van der Waals surface area contributed by atoms with E-state index in [9.17, 15) is 4.79 Å². The maximum absolute atomic E-state index is 13.4. The van der Waals surface area contributed by atoms with Gasteiger partial charge in [-0.1, -0.05) is 6.07 Å². The zero-order valence-electron chi connectivity index (χ0n) is 20.9. The summed E-state index contributed by atoms with van der Waals surface area (Å²) in [6, 6.07) is 7.43. The van der Waals surface area contributed by atoms with Gasteiger partial charge in [0.2, 0.25) is 5.95 Å². The number of hydrogen-bond donors (Lipinski definition) is 2. The predicted molar refractivity (Wildman–Crippen MR) is 149 cm³/mol. The van der Waals surface area contributed by atoms with Crippen molar-refractivity contribution in [3.05, 3.63) is 51.5 Å². The molecule has 1 amide bonds. The smallest absolute Gasteiger partial charge is 0.265 e. The van der Waals surface area contributed by atoms with Gasteiger partial charge in [0.05, 0.1) is 10.6 Å². The Morgan fingerprint density at radius 1 is 1.00 bits per heavy atom. The number of thiophene rings is 1. The number of carbonyl (C=O) groups is 1. The summed E-state index contributed by atoms with van der Waals surface area (Å²) in [5.41, 5.74) is 7.69. The van der Waals surface area contributed by atoms with E-state index in [0.717, 1.165) is 65.0 Å². The highest BCUT2D eigenvalue weighted by molar-refractivity contribution is 7.99. The van der Waals surface area contributed by atoms with Crippen LogP contribution in [0.4, 0.5) is 11.6 Å². The third kappa shape index (κ3) is 4.27. The van der Waals surface area contributed by atoms with E-state index < -0.39 is 0 Å². The second-order valence-electron chi connectivity index (χ2n) is 11.2. The van der Waals surface area contributed by atoms with Crippen molar-refractivity contribution in [2.24, 2.45) is 0 Å². The number of nitrogens with one attached hydrogen (secondary N) is 2. The molecule has 0 spiro atoms. The molecule has 0 bridgehead atoms. The van der Waals surface area contributed by atoms with Crippen LogP contribution in [-0.4, -0.2) is 45.7 Å². The Labute approximate surface area is 225 Å². The number of amides is 1. The lowest BCUT2D eigenvalue weighted by atomic mass is 9.95. The van der Waals surface area contributed by atoms with Crippen molar-refractivity contribution in [3.8, 4) is 10.6 Å². The van der Waals surface area contributed by atoms with Gasteiger partial charge in [-0.05, 0) is 92.1 Å². The quantitative estimate of drug-likeness (QED) is 0.405. The summed E-state index contributed by atoms with van der Waals surface area (Å²) in [5, 5.41) is 7.15. The summed E-state index contributed by atoms with van der Waals surface area (Å²) in [6.45, 7) is 2.86. The van der Waals surface area contributed by atoms with E-state index in [1.807, 2.05) is 18.0 Å². The average molecular weight is 530 g/mol. The normalized spacial score (nSPS) is 21.4. The molecule has 0 atom stereocenters. The fraction of sp³-hybridized carbons (Fsp3) is 0.483. The second-order valence-corrected chi connectivity index (χ2v) is 13.4. The van der Waals surface area contributed by atoms with Crippen LogP contribution in [0.3, 0.4) is 0 Å². The van der Waals surface area contributed by atoms with Crippen molar-refractivity contribution < 1.29 is 4.79 Å². The number of fused-ring (bicyclic) bond motifs is 2. The molecule has 4 heterocycles. The van der Waals surface area contributed by atoms with E-state index >= 15 is 0 Å². The minimum absolute atomic E-state index is 0.219. The fourth-order valence-electron chi connectivity index (χ4n) is 5.82. The first-order valence-electron chi connectivity index (χ1n) is 13.8. The molecule has 2 aliphatic heterocycles. The van der Waals surface area contributed by atoms with Gasteiger partial charge in [0.1, 0.15) is 4.88 Å². The van der Waals surface area contributed by atoms with Gasteiger partial charge in [-0.25, -0.2) is 9.97 Å². The van der Waals surface area contributed by atoms with E-state index in [1.165, 1.54) is 53.6 Å². The van der Waals surface area contributed by atoms with Crippen LogP contribution in [0.25, 0.3) is 10.6 Å². The van der Waals surface area contributed by atoms with Crippen LogP contribution < -0.4 is 10.6 Å². The summed E-state index contributed by atoms with van der Waals surface area (Å²) in [6.07, 6.45) is 10.3. The molecule has 8 rings (SSSR count). The van der Waals surface area contributed by atoms with Crippen LogP contribution in [0.5, 0.6) is 0 Å². The third-order valence-electron chi connectivity index (χ3n) is 8.32. The molecule has 37 heavy (non-hydrogen) atoms. The van der Waals surface area contributed by atoms with Gasteiger partial charge in [0.15, 0.2) is 0 Å². The van der Waals surface area contributed by atoms with Gasteiger partial charge in [-0.15, -0.1) is 23.1 Å². The first-order valence-corrected chi connectivity index (χ1v) is 15.6. The van der Waals surface area contributed by atoms with Crippen molar-refractivity contribution in [2.45, 2.75) is 74.3 Å². The zero-order chi connectivity index (χ0) is 24.5. The minimum atomic E-state index is 0.219. The Bertz CT molecular complexity index is 1410. The molecule has 0 saturated heterocycles. The summed E-state index contributed by atoms with van der Waals surface area (Å²) in [5.74, 6) is 3.03. The van der Waals surface area contributed by atoms with Crippen molar-refractivity contribution in [1.82, 2.24) is 20.2 Å². The van der Waals surface area contributed by atoms with E-state index in [4.69, 9.17) is 9.97 Å². The molecule has 3 aliphatic carbocycles. The molecular weight excluding hydrogens is 498 g/mol. The number of anilines is 2. The lowest BCUT2D eigenvalue weighted by molar-refractivity contribution is 0.0758. The highest BCUT2D eigenvalue weighted by Gasteiger charge is 2.37. The van der Waals surface area contributed by atoms with Gasteiger partial charge in [0, 0.05) is 47.2 Å². The molecule has 2 N–H and O–H groups in total. The summed E-state index contributed by atoms with van der Waals surface area (Å²) in [7, 11) is 0. The molecule has 3 saturated carbocycles. The summed E-state index contributed by atoms with van der Waals surface area (Å²) < 4.78 is 0. The highest BCUT2D eigenvalue weighted by atomic mass is 32.2. The Morgan fingerprint density at radius 2 is 1.84 bits per heavy atom. The molecule has 3 aromatic rings. The number of carbonyl (C=O) groups excluding carboxylic acids is 1. The molecule has 190 valence electrons. The van der Waals surface area contributed by atoms with Crippen LogP contribution in [0.1, 0.15) is 82.3 Å². The number of thioether (sulfide) groups is 1. The Kier molecular flexibility index (Phi) is 5.37. The zero-order valence-corrected chi connectivity index (χ0v) is 22.5. The summed E-state index contributed by atoms with van der Waals surface area (Å²) in [4.78, 5) is 28.6. The standard InChI is InChI=1S/C29H31N5OS2/c35-28-27-25(36-10-9-34(28)20-5-6-20)13-24(37-27)26-22(17-3-4-17)15-31-29(33-26)32-23-12-18-7-8-30-14-19(18)11-21(23)16-1-2-16/h11-13,15-17,20,30H,1-10,14H2,(H,31,32,33). The van der Waals surface area contributed by atoms with E-state index in [0.29, 0.717) is 23.8 Å². The van der Waals surface area contributed by atoms with Crippen molar-refractivity contribution in [3.63, 3.8) is 0 Å². The van der Waals surface area contributed by atoms with Crippen LogP contribution in [0.2, 0.25) is 0 Å². The van der Waals surface area contributed by atoms with Crippen LogP contribution in [-0.2, 0) is 13.0 Å². The number of nitrogens with zero attached hydrogens (tertiary/aromatic N) is 3. The maximum Gasteiger partial charge on any atom is 0.265 e. The van der Waals surface area contributed by atoms with E-state index in [2.05, 4.69) is 33.7 Å². The molecule has 1 aromatic carbocycles. The van der Waals surface area contributed by atoms with Gasteiger partial charge in [-0.2, -0.15) is 0 Å².